The first-order valence-corrected chi connectivity index (χ1v) is 11.6. The first-order chi connectivity index (χ1) is 17.9. The van der Waals surface area contributed by atoms with E-state index in [9.17, 15) is 14.7 Å². The average molecular weight is 520 g/mol. The number of para-hydroxylation sites is 2. The van der Waals surface area contributed by atoms with Gasteiger partial charge in [-0.2, -0.15) is 0 Å². The Bertz CT molecular complexity index is 1540. The highest BCUT2D eigenvalue weighted by molar-refractivity contribution is 6.51. The predicted octanol–water partition coefficient (Wildman–Crippen LogP) is 4.87. The van der Waals surface area contributed by atoms with Crippen molar-refractivity contribution in [3.05, 3.63) is 82.4 Å². The van der Waals surface area contributed by atoms with Gasteiger partial charge in [0, 0.05) is 5.56 Å². The lowest BCUT2D eigenvalue weighted by Crippen LogP contribution is -2.30. The number of halogens is 1. The van der Waals surface area contributed by atoms with Crippen LogP contribution in [0.5, 0.6) is 17.2 Å². The lowest BCUT2D eigenvalue weighted by Gasteiger charge is -2.24. The molecule has 0 bridgehead atoms. The van der Waals surface area contributed by atoms with Crippen molar-refractivity contribution >= 4 is 46.0 Å². The molecule has 1 amide bonds. The van der Waals surface area contributed by atoms with Gasteiger partial charge in [0.2, 0.25) is 5.95 Å². The maximum Gasteiger partial charge on any atom is 0.302 e. The molecule has 0 radical (unpaired) electrons. The molecule has 0 saturated carbocycles. The molecule has 0 spiro atoms. The standard InChI is InChI=1S/C27H22ClN3O6/c1-35-15-9-10-17(28)16(13-15)24(32)22-23(14-8-11-20(36-2)21(12-14)37-3)31(26(34)25(22)33)27-29-18-6-4-5-7-19(18)30-27/h4-13,23,32H,1-3H3,(H,29,30)/b24-22+. The zero-order valence-electron chi connectivity index (χ0n) is 20.1. The first-order valence-electron chi connectivity index (χ1n) is 11.2. The number of hydrogen-bond donors (Lipinski definition) is 2. The Hall–Kier alpha value is -4.50. The van der Waals surface area contributed by atoms with E-state index in [0.29, 0.717) is 33.8 Å². The SMILES string of the molecule is COc1ccc(Cl)c(/C(O)=C2\C(=O)C(=O)N(c3nc4ccccc4[nH]3)C2c2ccc(OC)c(OC)c2)c1. The smallest absolute Gasteiger partial charge is 0.302 e. The van der Waals surface area contributed by atoms with Gasteiger partial charge in [-0.15, -0.1) is 0 Å². The number of fused-ring (bicyclic) bond motifs is 1. The molecule has 9 nitrogen and oxygen atoms in total. The van der Waals surface area contributed by atoms with Crippen molar-refractivity contribution < 1.29 is 28.9 Å². The van der Waals surface area contributed by atoms with E-state index in [1.54, 1.807) is 30.3 Å². The molecule has 5 rings (SSSR count). The predicted molar refractivity (Wildman–Crippen MR) is 138 cm³/mol. The zero-order chi connectivity index (χ0) is 26.3. The number of rotatable bonds is 6. The van der Waals surface area contributed by atoms with Crippen LogP contribution in [0, 0.1) is 0 Å². The number of aromatic amines is 1. The molecule has 4 aromatic rings. The summed E-state index contributed by atoms with van der Waals surface area (Å²) in [6.07, 6.45) is 0. The molecular formula is C27H22ClN3O6. The molecule has 3 aromatic carbocycles. The minimum Gasteiger partial charge on any atom is -0.507 e. The van der Waals surface area contributed by atoms with Gasteiger partial charge >= 0.3 is 5.91 Å². The van der Waals surface area contributed by atoms with Crippen molar-refractivity contribution in [3.63, 3.8) is 0 Å². The molecular weight excluding hydrogens is 498 g/mol. The maximum atomic E-state index is 13.5. The number of imidazole rings is 1. The number of aliphatic hydroxyl groups excluding tert-OH is 1. The van der Waals surface area contributed by atoms with Crippen molar-refractivity contribution in [2.24, 2.45) is 0 Å². The van der Waals surface area contributed by atoms with Crippen molar-refractivity contribution in [3.8, 4) is 17.2 Å². The summed E-state index contributed by atoms with van der Waals surface area (Å²) in [5.41, 5.74) is 1.77. The van der Waals surface area contributed by atoms with Gasteiger partial charge in [-0.3, -0.25) is 14.5 Å². The van der Waals surface area contributed by atoms with E-state index in [1.165, 1.54) is 38.4 Å². The highest BCUT2D eigenvalue weighted by atomic mass is 35.5. The quantitative estimate of drug-likeness (QED) is 0.212. The van der Waals surface area contributed by atoms with Crippen LogP contribution in [0.2, 0.25) is 5.02 Å². The van der Waals surface area contributed by atoms with E-state index in [2.05, 4.69) is 9.97 Å². The number of ether oxygens (including phenoxy) is 3. The van der Waals surface area contributed by atoms with Crippen LogP contribution in [0.15, 0.2) is 66.2 Å². The number of Topliss-reactive ketones (excluding diaryl/α,β-unsaturated/α-hetero) is 1. The Labute approximate surface area is 216 Å². The summed E-state index contributed by atoms with van der Waals surface area (Å²) in [5, 5.41) is 11.6. The van der Waals surface area contributed by atoms with E-state index in [0.717, 1.165) is 0 Å². The van der Waals surface area contributed by atoms with Gasteiger partial charge < -0.3 is 24.3 Å². The van der Waals surface area contributed by atoms with Crippen LogP contribution in [-0.2, 0) is 9.59 Å². The summed E-state index contributed by atoms with van der Waals surface area (Å²) in [6, 6.07) is 15.8. The molecule has 1 aliphatic heterocycles. The number of methoxy groups -OCH3 is 3. The van der Waals surface area contributed by atoms with Crippen LogP contribution in [0.3, 0.4) is 0 Å². The summed E-state index contributed by atoms with van der Waals surface area (Å²) in [6.45, 7) is 0. The van der Waals surface area contributed by atoms with Crippen molar-refractivity contribution in [1.82, 2.24) is 9.97 Å². The molecule has 37 heavy (non-hydrogen) atoms. The summed E-state index contributed by atoms with van der Waals surface area (Å²) >= 11 is 6.38. The van der Waals surface area contributed by atoms with E-state index in [1.807, 2.05) is 18.2 Å². The Morgan fingerprint density at radius 1 is 0.973 bits per heavy atom. The van der Waals surface area contributed by atoms with Crippen molar-refractivity contribution in [2.45, 2.75) is 6.04 Å². The van der Waals surface area contributed by atoms with Gasteiger partial charge in [-0.25, -0.2) is 4.98 Å². The molecule has 0 aliphatic carbocycles. The van der Waals surface area contributed by atoms with Crippen molar-refractivity contribution in [2.75, 3.05) is 26.2 Å². The van der Waals surface area contributed by atoms with Crippen LogP contribution >= 0.6 is 11.6 Å². The second-order valence-corrected chi connectivity index (χ2v) is 8.61. The summed E-state index contributed by atoms with van der Waals surface area (Å²) in [4.78, 5) is 35.8. The minimum absolute atomic E-state index is 0.147. The van der Waals surface area contributed by atoms with E-state index in [-0.39, 0.29) is 22.1 Å². The van der Waals surface area contributed by atoms with Crippen LogP contribution < -0.4 is 19.1 Å². The highest BCUT2D eigenvalue weighted by Crippen LogP contribution is 2.44. The van der Waals surface area contributed by atoms with Gasteiger partial charge in [0.05, 0.1) is 49.0 Å². The summed E-state index contributed by atoms with van der Waals surface area (Å²) in [7, 11) is 4.45. The summed E-state index contributed by atoms with van der Waals surface area (Å²) < 4.78 is 16.1. The first kappa shape index (κ1) is 24.2. The molecule has 188 valence electrons. The normalized spacial score (nSPS) is 16.9. The third-order valence-corrected chi connectivity index (χ3v) is 6.53. The van der Waals surface area contributed by atoms with Gasteiger partial charge in [0.1, 0.15) is 11.5 Å². The number of nitrogens with zero attached hydrogens (tertiary/aromatic N) is 2. The third kappa shape index (κ3) is 4.03. The van der Waals surface area contributed by atoms with E-state index in [4.69, 9.17) is 25.8 Å². The van der Waals surface area contributed by atoms with Crippen LogP contribution in [0.25, 0.3) is 16.8 Å². The van der Waals surface area contributed by atoms with Gasteiger partial charge in [-0.05, 0) is 48.0 Å². The number of anilines is 1. The number of carbonyl (C=O) groups excluding carboxylic acids is 2. The Morgan fingerprint density at radius 2 is 1.73 bits per heavy atom. The van der Waals surface area contributed by atoms with Crippen LogP contribution in [0.1, 0.15) is 17.2 Å². The number of amides is 1. The number of carbonyl (C=O) groups is 2. The Kier molecular flexibility index (Phi) is 6.22. The largest absolute Gasteiger partial charge is 0.507 e. The zero-order valence-corrected chi connectivity index (χ0v) is 20.9. The van der Waals surface area contributed by atoms with Gasteiger partial charge in [-0.1, -0.05) is 29.8 Å². The van der Waals surface area contributed by atoms with Gasteiger partial charge in [0.15, 0.2) is 11.5 Å². The number of hydrogen-bond acceptors (Lipinski definition) is 7. The number of aliphatic hydroxyl groups is 1. The number of benzene rings is 3. The second-order valence-electron chi connectivity index (χ2n) is 8.21. The molecule has 1 fully saturated rings. The Morgan fingerprint density at radius 3 is 2.43 bits per heavy atom. The highest BCUT2D eigenvalue weighted by Gasteiger charge is 2.48. The van der Waals surface area contributed by atoms with E-state index < -0.39 is 23.5 Å². The minimum atomic E-state index is -1.05. The monoisotopic (exact) mass is 519 g/mol. The van der Waals surface area contributed by atoms with Crippen molar-refractivity contribution in [1.29, 1.82) is 0 Å². The number of ketones is 1. The van der Waals surface area contributed by atoms with E-state index >= 15 is 0 Å². The fourth-order valence-corrected chi connectivity index (χ4v) is 4.61. The molecule has 1 aliphatic rings. The Balaban J connectivity index is 1.77. The fraction of sp³-hybridized carbons (Fsp3) is 0.148. The summed E-state index contributed by atoms with van der Waals surface area (Å²) in [5.74, 6) is -0.784. The fourth-order valence-electron chi connectivity index (χ4n) is 4.40. The number of nitrogens with one attached hydrogen (secondary N) is 1. The average Bonchev–Trinajstić information content (AvgIpc) is 3.46. The molecule has 1 saturated heterocycles. The second kappa shape index (κ2) is 9.51. The van der Waals surface area contributed by atoms with Gasteiger partial charge in [0.25, 0.3) is 5.78 Å². The topological polar surface area (TPSA) is 114 Å². The number of H-pyrrole nitrogens is 1. The lowest BCUT2D eigenvalue weighted by molar-refractivity contribution is -0.132. The molecule has 1 unspecified atom stereocenters. The lowest BCUT2D eigenvalue weighted by atomic mass is 9.95. The third-order valence-electron chi connectivity index (χ3n) is 6.20. The molecule has 2 N–H and O–H groups in total. The molecule has 1 aromatic heterocycles. The molecule has 2 heterocycles. The molecule has 1 atom stereocenters. The van der Waals surface area contributed by atoms with Crippen LogP contribution in [0.4, 0.5) is 5.95 Å². The molecule has 10 heteroatoms. The van der Waals surface area contributed by atoms with Crippen LogP contribution in [-0.4, -0.2) is 48.1 Å². The maximum absolute atomic E-state index is 13.5. The number of aromatic nitrogens is 2.